The van der Waals surface area contributed by atoms with Gasteiger partial charge in [-0.15, -0.1) is 0 Å². The fraction of sp³-hybridized carbons (Fsp3) is 0.500. The highest BCUT2D eigenvalue weighted by atomic mass is 32.1. The number of thiocarbonyl (C=S) groups is 1. The number of aliphatic hydroxyl groups is 1. The lowest BCUT2D eigenvalue weighted by Crippen LogP contribution is -2.73. The fourth-order valence-corrected chi connectivity index (χ4v) is 3.24. The third kappa shape index (κ3) is 3.74. The summed E-state index contributed by atoms with van der Waals surface area (Å²) in [5, 5.41) is 14.3. The van der Waals surface area contributed by atoms with E-state index in [-0.39, 0.29) is 23.7 Å². The van der Waals surface area contributed by atoms with E-state index >= 15 is 0 Å². The minimum Gasteiger partial charge on any atom is -0.493 e. The first-order valence-corrected chi connectivity index (χ1v) is 8.26. The summed E-state index contributed by atoms with van der Waals surface area (Å²) in [6, 6.07) is 3.10. The Kier molecular flexibility index (Phi) is 6.05. The Morgan fingerprint density at radius 1 is 1.33 bits per heavy atom. The van der Waals surface area contributed by atoms with Crippen LogP contribution in [0.1, 0.15) is 18.5 Å². The number of nitrogens with one attached hydrogen (secondary N) is 2. The van der Waals surface area contributed by atoms with Crippen molar-refractivity contribution in [2.45, 2.75) is 24.9 Å². The van der Waals surface area contributed by atoms with Gasteiger partial charge in [-0.2, -0.15) is 13.2 Å². The second-order valence-electron chi connectivity index (χ2n) is 5.65. The molecule has 7 nitrogen and oxygen atoms in total. The molecule has 3 N–H and O–H groups in total. The van der Waals surface area contributed by atoms with Crippen LogP contribution in [0.25, 0.3) is 0 Å². The molecule has 1 aromatic rings. The predicted octanol–water partition coefficient (Wildman–Crippen LogP) is 1.65. The number of halogens is 3. The lowest BCUT2D eigenvalue weighted by Gasteiger charge is -2.45. The van der Waals surface area contributed by atoms with E-state index in [1.807, 2.05) is 0 Å². The first kappa shape index (κ1) is 21.0. The molecule has 1 saturated heterocycles. The maximum atomic E-state index is 13.7. The summed E-state index contributed by atoms with van der Waals surface area (Å²) in [6.07, 6.45) is -5.22. The average molecular weight is 408 g/mol. The molecule has 0 saturated carbocycles. The van der Waals surface area contributed by atoms with Crippen LogP contribution >= 0.6 is 12.2 Å². The highest BCUT2D eigenvalue weighted by Crippen LogP contribution is 2.46. The van der Waals surface area contributed by atoms with E-state index < -0.39 is 34.9 Å². The van der Waals surface area contributed by atoms with Gasteiger partial charge in [0.15, 0.2) is 16.6 Å². The van der Waals surface area contributed by atoms with E-state index in [0.717, 1.165) is 0 Å². The van der Waals surface area contributed by atoms with Crippen LogP contribution < -0.4 is 20.1 Å². The number of esters is 1. The van der Waals surface area contributed by atoms with E-state index in [9.17, 15) is 23.1 Å². The molecule has 0 aliphatic carbocycles. The molecular formula is C16H19F3N2O5S. The third-order valence-corrected chi connectivity index (χ3v) is 4.34. The van der Waals surface area contributed by atoms with Crippen LogP contribution in [0, 0.1) is 5.92 Å². The van der Waals surface area contributed by atoms with Gasteiger partial charge in [0, 0.05) is 5.56 Å². The van der Waals surface area contributed by atoms with Gasteiger partial charge >= 0.3 is 12.1 Å². The van der Waals surface area contributed by atoms with Crippen LogP contribution in [0.15, 0.2) is 18.2 Å². The van der Waals surface area contributed by atoms with Crippen LogP contribution in [0.3, 0.4) is 0 Å². The molecule has 1 aliphatic heterocycles. The molecule has 0 bridgehead atoms. The summed E-state index contributed by atoms with van der Waals surface area (Å²) in [5.74, 6) is -3.03. The van der Waals surface area contributed by atoms with Crippen molar-refractivity contribution < 1.29 is 37.3 Å². The largest absolute Gasteiger partial charge is 0.493 e. The topological polar surface area (TPSA) is 89.1 Å². The number of carbonyl (C=O) groups excluding carboxylic acids is 1. The van der Waals surface area contributed by atoms with Crippen molar-refractivity contribution in [2.24, 2.45) is 5.92 Å². The van der Waals surface area contributed by atoms with Gasteiger partial charge in [-0.25, -0.2) is 0 Å². The van der Waals surface area contributed by atoms with E-state index in [1.165, 1.54) is 39.3 Å². The van der Waals surface area contributed by atoms with Gasteiger partial charge in [-0.1, -0.05) is 12.1 Å². The highest BCUT2D eigenvalue weighted by molar-refractivity contribution is 7.80. The van der Waals surface area contributed by atoms with Gasteiger partial charge in [0.05, 0.1) is 26.9 Å². The lowest BCUT2D eigenvalue weighted by atomic mass is 9.81. The Hall–Kier alpha value is -2.27. The number of alkyl halides is 3. The van der Waals surface area contributed by atoms with Crippen molar-refractivity contribution >= 4 is 23.3 Å². The lowest BCUT2D eigenvalue weighted by molar-refractivity contribution is -0.292. The van der Waals surface area contributed by atoms with Crippen molar-refractivity contribution in [3.63, 3.8) is 0 Å². The quantitative estimate of drug-likeness (QED) is 0.501. The summed E-state index contributed by atoms with van der Waals surface area (Å²) >= 11 is 4.84. The Morgan fingerprint density at radius 3 is 2.52 bits per heavy atom. The number of para-hydroxylation sites is 1. The van der Waals surface area contributed by atoms with Gasteiger partial charge in [0.2, 0.25) is 0 Å². The zero-order valence-corrected chi connectivity index (χ0v) is 15.5. The minimum absolute atomic E-state index is 0.0982. The molecule has 1 heterocycles. The average Bonchev–Trinajstić information content (AvgIpc) is 2.59. The van der Waals surface area contributed by atoms with Crippen LogP contribution in [0.2, 0.25) is 0 Å². The maximum absolute atomic E-state index is 13.7. The molecular weight excluding hydrogens is 389 g/mol. The Labute approximate surface area is 158 Å². The fourth-order valence-electron chi connectivity index (χ4n) is 2.95. The first-order valence-electron chi connectivity index (χ1n) is 7.86. The molecule has 11 heteroatoms. The highest BCUT2D eigenvalue weighted by Gasteiger charge is 2.66. The molecule has 0 aromatic heterocycles. The van der Waals surface area contributed by atoms with E-state index in [4.69, 9.17) is 26.4 Å². The number of ether oxygens (including phenoxy) is 3. The van der Waals surface area contributed by atoms with Crippen LogP contribution in [-0.4, -0.2) is 48.9 Å². The van der Waals surface area contributed by atoms with Gasteiger partial charge in [-0.05, 0) is 25.2 Å². The third-order valence-electron chi connectivity index (χ3n) is 4.12. The molecule has 0 spiro atoms. The molecule has 0 radical (unpaired) electrons. The van der Waals surface area contributed by atoms with E-state index in [1.54, 1.807) is 5.32 Å². The van der Waals surface area contributed by atoms with E-state index in [2.05, 4.69) is 5.32 Å². The van der Waals surface area contributed by atoms with Crippen molar-refractivity contribution in [1.82, 2.24) is 10.6 Å². The van der Waals surface area contributed by atoms with Gasteiger partial charge in [0.25, 0.3) is 5.72 Å². The van der Waals surface area contributed by atoms with Crippen molar-refractivity contribution in [3.05, 3.63) is 23.8 Å². The Morgan fingerprint density at radius 2 is 2.00 bits per heavy atom. The Balaban J connectivity index is 2.68. The number of methoxy groups -OCH3 is 2. The van der Waals surface area contributed by atoms with Crippen molar-refractivity contribution in [3.8, 4) is 11.5 Å². The van der Waals surface area contributed by atoms with E-state index in [0.29, 0.717) is 0 Å². The molecule has 150 valence electrons. The number of hydrogen-bond donors (Lipinski definition) is 3. The smallest absolute Gasteiger partial charge is 0.437 e. The normalized spacial score (nSPS) is 25.2. The van der Waals surface area contributed by atoms with Gasteiger partial charge in [-0.3, -0.25) is 4.79 Å². The molecule has 0 amide bonds. The van der Waals surface area contributed by atoms with Crippen LogP contribution in [0.5, 0.6) is 11.5 Å². The molecule has 1 fully saturated rings. The van der Waals surface area contributed by atoms with Gasteiger partial charge < -0.3 is 30.0 Å². The first-order chi connectivity index (χ1) is 12.6. The van der Waals surface area contributed by atoms with Crippen molar-refractivity contribution in [2.75, 3.05) is 20.8 Å². The second kappa shape index (κ2) is 7.77. The molecule has 0 unspecified atom stereocenters. The summed E-state index contributed by atoms with van der Waals surface area (Å²) in [7, 11) is 2.66. The predicted molar refractivity (Wildman–Crippen MR) is 92.3 cm³/mol. The molecule has 1 aliphatic rings. The van der Waals surface area contributed by atoms with Gasteiger partial charge in [0.1, 0.15) is 5.92 Å². The monoisotopic (exact) mass is 408 g/mol. The summed E-state index contributed by atoms with van der Waals surface area (Å²) in [5.41, 5.74) is -3.50. The minimum atomic E-state index is -5.22. The van der Waals surface area contributed by atoms with Crippen LogP contribution in [-0.2, 0) is 9.53 Å². The number of rotatable bonds is 5. The Bertz CT molecular complexity index is 730. The maximum Gasteiger partial charge on any atom is 0.437 e. The number of carbonyl (C=O) groups is 1. The molecule has 27 heavy (non-hydrogen) atoms. The standard InChI is InChI=1S/C16H19F3N2O5S/c1-4-26-13(22)10-11(8-6-5-7-9(24-2)12(8)25-3)20-14(27)21-15(10,23)16(17,18)19/h5-7,10-11,23H,4H2,1-3H3,(H2,20,21,27)/t10-,11+,15+/m1/s1. The summed E-state index contributed by atoms with van der Waals surface area (Å²) < 4.78 is 56.3. The molecule has 1 aromatic carbocycles. The molecule has 2 rings (SSSR count). The number of benzene rings is 1. The molecule has 3 atom stereocenters. The van der Waals surface area contributed by atoms with Crippen molar-refractivity contribution in [1.29, 1.82) is 0 Å². The van der Waals surface area contributed by atoms with Crippen LogP contribution in [0.4, 0.5) is 13.2 Å². The number of hydrogen-bond acceptors (Lipinski definition) is 6. The second-order valence-corrected chi connectivity index (χ2v) is 6.06. The SMILES string of the molecule is CCOC(=O)[C@H]1[C@H](c2cccc(OC)c2OC)NC(=S)N[C@@]1(O)C(F)(F)F. The zero-order valence-electron chi connectivity index (χ0n) is 14.7. The summed E-state index contributed by atoms with van der Waals surface area (Å²) in [4.78, 5) is 12.4. The zero-order chi connectivity index (χ0) is 20.4. The summed E-state index contributed by atoms with van der Waals surface area (Å²) in [6.45, 7) is 1.27.